The van der Waals surface area contributed by atoms with E-state index in [2.05, 4.69) is 32.0 Å². The van der Waals surface area contributed by atoms with E-state index in [1.54, 1.807) is 26.3 Å². The zero-order valence-electron chi connectivity index (χ0n) is 18.6. The first kappa shape index (κ1) is 26.0. The van der Waals surface area contributed by atoms with Crippen molar-refractivity contribution in [2.75, 3.05) is 55.9 Å². The molecule has 1 saturated heterocycles. The molecule has 0 aromatic carbocycles. The molecule has 176 valence electrons. The highest BCUT2D eigenvalue weighted by molar-refractivity contribution is 6.00. The summed E-state index contributed by atoms with van der Waals surface area (Å²) in [6.07, 6.45) is 4.03. The van der Waals surface area contributed by atoms with Crippen LogP contribution in [0.25, 0.3) is 0 Å². The molecule has 11 heteroatoms. The average molecular weight is 474 g/mol. The van der Waals surface area contributed by atoms with Crippen LogP contribution in [0.5, 0.6) is 0 Å². The molecule has 1 aliphatic heterocycles. The van der Waals surface area contributed by atoms with Gasteiger partial charge in [0.25, 0.3) is 0 Å². The Kier molecular flexibility index (Phi) is 10.00. The Bertz CT molecular complexity index is 1010. The van der Waals surface area contributed by atoms with Crippen LogP contribution in [0.15, 0.2) is 24.4 Å². The molecule has 0 spiro atoms. The van der Waals surface area contributed by atoms with Crippen molar-refractivity contribution in [3.63, 3.8) is 0 Å². The number of methoxy groups -OCH3 is 1. The highest BCUT2D eigenvalue weighted by atomic mass is 35.5. The summed E-state index contributed by atoms with van der Waals surface area (Å²) in [7, 11) is 3.15. The van der Waals surface area contributed by atoms with Crippen molar-refractivity contribution >= 4 is 42.0 Å². The Labute approximate surface area is 199 Å². The number of rotatable bonds is 8. The number of nitrogens with zero attached hydrogens (tertiary/aromatic N) is 4. The fourth-order valence-electron chi connectivity index (χ4n) is 3.58. The van der Waals surface area contributed by atoms with E-state index < -0.39 is 6.03 Å². The van der Waals surface area contributed by atoms with Crippen LogP contribution in [-0.4, -0.2) is 62.7 Å². The van der Waals surface area contributed by atoms with Crippen molar-refractivity contribution in [2.45, 2.75) is 18.8 Å². The van der Waals surface area contributed by atoms with Gasteiger partial charge in [-0.1, -0.05) is 6.07 Å². The number of amides is 2. The molecule has 0 bridgehead atoms. The van der Waals surface area contributed by atoms with Gasteiger partial charge in [-0.05, 0) is 43.5 Å². The number of urea groups is 1. The molecule has 0 atom stereocenters. The van der Waals surface area contributed by atoms with E-state index in [-0.39, 0.29) is 24.1 Å². The summed E-state index contributed by atoms with van der Waals surface area (Å²) in [4.78, 5) is 34.3. The van der Waals surface area contributed by atoms with Gasteiger partial charge >= 0.3 is 6.03 Å². The number of anilines is 3. The van der Waals surface area contributed by atoms with Gasteiger partial charge in [-0.15, -0.1) is 12.4 Å². The number of aldehydes is 1. The van der Waals surface area contributed by atoms with Gasteiger partial charge in [-0.25, -0.2) is 14.8 Å². The monoisotopic (exact) mass is 473 g/mol. The molecule has 3 rings (SSSR count). The molecular weight excluding hydrogens is 446 g/mol. The van der Waals surface area contributed by atoms with Crippen molar-refractivity contribution in [3.8, 4) is 6.07 Å². The first-order valence-electron chi connectivity index (χ1n) is 10.4. The Morgan fingerprint density at radius 3 is 2.82 bits per heavy atom. The number of nitriles is 1. The average Bonchev–Trinajstić information content (AvgIpc) is 2.84. The second kappa shape index (κ2) is 12.7. The number of carbonyl (C=O) groups is 2. The molecular formula is C22H28ClN7O3. The molecule has 0 unspecified atom stereocenters. The molecule has 1 aliphatic rings. The maximum absolute atomic E-state index is 12.8. The van der Waals surface area contributed by atoms with E-state index in [1.165, 1.54) is 11.1 Å². The number of pyridine rings is 2. The van der Waals surface area contributed by atoms with Crippen molar-refractivity contribution in [1.82, 2.24) is 15.3 Å². The van der Waals surface area contributed by atoms with Crippen LogP contribution in [0.1, 0.15) is 40.4 Å². The van der Waals surface area contributed by atoms with Crippen LogP contribution < -0.4 is 20.9 Å². The van der Waals surface area contributed by atoms with E-state index in [0.717, 1.165) is 37.8 Å². The molecule has 2 aromatic rings. The van der Waals surface area contributed by atoms with E-state index in [9.17, 15) is 14.9 Å². The molecule has 2 amide bonds. The lowest BCUT2D eigenvalue weighted by molar-refractivity contribution is 0.111. The van der Waals surface area contributed by atoms with Gasteiger partial charge in [-0.2, -0.15) is 5.26 Å². The summed E-state index contributed by atoms with van der Waals surface area (Å²) in [5.74, 6) is 0.918. The lowest BCUT2D eigenvalue weighted by atomic mass is 9.89. The van der Waals surface area contributed by atoms with E-state index in [4.69, 9.17) is 4.74 Å². The SMILES string of the molecule is COCCNc1cc(NC(=O)N(C)c2ccc(C3CCNCC3)c(C=O)n2)ncc1C#N.Cl. The van der Waals surface area contributed by atoms with Gasteiger partial charge in [0, 0.05) is 33.0 Å². The number of carbonyl (C=O) groups excluding carboxylic acids is 2. The van der Waals surface area contributed by atoms with Gasteiger partial charge in [0.1, 0.15) is 23.4 Å². The largest absolute Gasteiger partial charge is 0.383 e. The topological polar surface area (TPSA) is 132 Å². The van der Waals surface area contributed by atoms with Crippen LogP contribution >= 0.6 is 12.4 Å². The summed E-state index contributed by atoms with van der Waals surface area (Å²) >= 11 is 0. The molecule has 10 nitrogen and oxygen atoms in total. The number of piperidine rings is 1. The van der Waals surface area contributed by atoms with Gasteiger partial charge in [0.2, 0.25) is 0 Å². The predicted octanol–water partition coefficient (Wildman–Crippen LogP) is 2.78. The van der Waals surface area contributed by atoms with E-state index in [0.29, 0.717) is 35.9 Å². The Morgan fingerprint density at radius 2 is 2.15 bits per heavy atom. The first-order valence-corrected chi connectivity index (χ1v) is 10.4. The summed E-state index contributed by atoms with van der Waals surface area (Å²) in [6.45, 7) is 2.79. The van der Waals surface area contributed by atoms with Gasteiger partial charge in [0.15, 0.2) is 6.29 Å². The maximum Gasteiger partial charge on any atom is 0.328 e. The van der Waals surface area contributed by atoms with Crippen LogP contribution in [0.3, 0.4) is 0 Å². The second-order valence-electron chi connectivity index (χ2n) is 7.42. The lowest BCUT2D eigenvalue weighted by Gasteiger charge is -2.24. The zero-order chi connectivity index (χ0) is 22.9. The van der Waals surface area contributed by atoms with Gasteiger partial charge in [-0.3, -0.25) is 15.0 Å². The normalized spacial score (nSPS) is 13.4. The summed E-state index contributed by atoms with van der Waals surface area (Å²) in [5, 5.41) is 18.3. The molecule has 0 radical (unpaired) electrons. The zero-order valence-corrected chi connectivity index (χ0v) is 19.4. The molecule has 0 saturated carbocycles. The molecule has 1 fully saturated rings. The lowest BCUT2D eigenvalue weighted by Crippen LogP contribution is -2.32. The summed E-state index contributed by atoms with van der Waals surface area (Å²) in [6, 6.07) is 6.80. The van der Waals surface area contributed by atoms with Gasteiger partial charge in [0.05, 0.1) is 17.9 Å². The third kappa shape index (κ3) is 6.61. The van der Waals surface area contributed by atoms with Crippen molar-refractivity contribution in [3.05, 3.63) is 41.2 Å². The van der Waals surface area contributed by atoms with E-state index in [1.807, 2.05) is 6.07 Å². The quantitative estimate of drug-likeness (QED) is 0.394. The number of nitrogens with one attached hydrogen (secondary N) is 3. The smallest absolute Gasteiger partial charge is 0.328 e. The number of hydrogen-bond donors (Lipinski definition) is 3. The molecule has 0 aliphatic carbocycles. The maximum atomic E-state index is 12.8. The highest BCUT2D eigenvalue weighted by Gasteiger charge is 2.21. The number of halogens is 1. The van der Waals surface area contributed by atoms with Crippen LogP contribution in [0, 0.1) is 11.3 Å². The fraction of sp³-hybridized carbons (Fsp3) is 0.409. The van der Waals surface area contributed by atoms with Crippen LogP contribution in [0.2, 0.25) is 0 Å². The third-order valence-electron chi connectivity index (χ3n) is 5.36. The standard InChI is InChI=1S/C22H27N7O3.ClH/c1-29(21-4-3-17(19(14-30)27-21)15-5-7-24-8-6-15)22(31)28-20-11-18(25-9-10-32-2)16(12-23)13-26-20;/h3-4,11,13-15,24H,5-10H2,1-2H3,(H2,25,26,28,31);1H. The number of hydrogen-bond acceptors (Lipinski definition) is 8. The van der Waals surface area contributed by atoms with Crippen LogP contribution in [-0.2, 0) is 4.74 Å². The van der Waals surface area contributed by atoms with Crippen molar-refractivity contribution in [1.29, 1.82) is 5.26 Å². The van der Waals surface area contributed by atoms with Crippen molar-refractivity contribution < 1.29 is 14.3 Å². The minimum absolute atomic E-state index is 0. The minimum atomic E-state index is -0.469. The Morgan fingerprint density at radius 1 is 1.39 bits per heavy atom. The molecule has 33 heavy (non-hydrogen) atoms. The summed E-state index contributed by atoms with van der Waals surface area (Å²) < 4.78 is 5.01. The molecule has 2 aromatic heterocycles. The summed E-state index contributed by atoms with van der Waals surface area (Å²) in [5.41, 5.74) is 2.18. The Balaban J connectivity index is 0.00000385. The number of aromatic nitrogens is 2. The van der Waals surface area contributed by atoms with Gasteiger partial charge < -0.3 is 15.4 Å². The molecule has 3 heterocycles. The fourth-order valence-corrected chi connectivity index (χ4v) is 3.58. The molecule has 3 N–H and O–H groups in total. The third-order valence-corrected chi connectivity index (χ3v) is 5.36. The number of ether oxygens (including phenoxy) is 1. The Hall–Kier alpha value is -3.26. The van der Waals surface area contributed by atoms with Crippen molar-refractivity contribution in [2.24, 2.45) is 0 Å². The van der Waals surface area contributed by atoms with Crippen LogP contribution in [0.4, 0.5) is 22.1 Å². The minimum Gasteiger partial charge on any atom is -0.383 e. The second-order valence-corrected chi connectivity index (χ2v) is 7.42. The predicted molar refractivity (Wildman–Crippen MR) is 128 cm³/mol. The van der Waals surface area contributed by atoms with E-state index >= 15 is 0 Å². The highest BCUT2D eigenvalue weighted by Crippen LogP contribution is 2.28. The first-order chi connectivity index (χ1) is 15.6.